The third-order valence-electron chi connectivity index (χ3n) is 2.87. The van der Waals surface area contributed by atoms with Gasteiger partial charge in [-0.15, -0.1) is 0 Å². The Kier molecular flexibility index (Phi) is 7.25. The number of hydrogen-bond acceptors (Lipinski definition) is 1. The van der Waals surface area contributed by atoms with Crippen LogP contribution in [0, 0.1) is 11.3 Å². The van der Waals surface area contributed by atoms with Crippen LogP contribution in [0.5, 0.6) is 0 Å². The molecule has 0 aromatic carbocycles. The quantitative estimate of drug-likeness (QED) is 0.595. The first-order valence-electron chi connectivity index (χ1n) is 6.57. The fraction of sp³-hybridized carbons (Fsp3) is 1.00. The molecule has 0 rings (SSSR count). The summed E-state index contributed by atoms with van der Waals surface area (Å²) in [6.07, 6.45) is 5.50. The van der Waals surface area contributed by atoms with Crippen molar-refractivity contribution in [1.29, 1.82) is 0 Å². The van der Waals surface area contributed by atoms with Crippen molar-refractivity contribution in [1.82, 2.24) is 5.32 Å². The molecule has 0 saturated heterocycles. The Bertz CT molecular complexity index is 147. The molecule has 1 nitrogen and oxygen atoms in total. The van der Waals surface area contributed by atoms with Crippen molar-refractivity contribution in [3.8, 4) is 0 Å². The molecule has 15 heavy (non-hydrogen) atoms. The molecule has 1 N–H and O–H groups in total. The normalized spacial score (nSPS) is 12.8. The highest BCUT2D eigenvalue weighted by atomic mass is 14.9. The fourth-order valence-electron chi connectivity index (χ4n) is 1.72. The number of hydrogen-bond donors (Lipinski definition) is 1. The van der Waals surface area contributed by atoms with Gasteiger partial charge in [0.05, 0.1) is 0 Å². The predicted octanol–water partition coefficient (Wildman–Crippen LogP) is 4.23. The van der Waals surface area contributed by atoms with E-state index in [0.717, 1.165) is 12.5 Å². The van der Waals surface area contributed by atoms with Crippen LogP contribution in [0.2, 0.25) is 0 Å². The van der Waals surface area contributed by atoms with E-state index < -0.39 is 0 Å². The minimum atomic E-state index is 0.460. The molecule has 1 heteroatoms. The van der Waals surface area contributed by atoms with Gasteiger partial charge in [0.15, 0.2) is 0 Å². The molecule has 0 aromatic rings. The zero-order chi connectivity index (χ0) is 11.9. The van der Waals surface area contributed by atoms with Gasteiger partial charge in [-0.05, 0) is 17.8 Å². The van der Waals surface area contributed by atoms with Gasteiger partial charge in [-0.3, -0.25) is 0 Å². The lowest BCUT2D eigenvalue weighted by Gasteiger charge is -2.26. The van der Waals surface area contributed by atoms with Crippen LogP contribution in [-0.2, 0) is 0 Å². The highest BCUT2D eigenvalue weighted by Gasteiger charge is 2.17. The summed E-state index contributed by atoms with van der Waals surface area (Å²) in [5.74, 6) is 0.863. The Morgan fingerprint density at radius 1 is 1.00 bits per heavy atom. The molecule has 0 bridgehead atoms. The second-order valence-electron chi connectivity index (χ2n) is 6.34. The summed E-state index contributed by atoms with van der Waals surface area (Å²) >= 11 is 0. The maximum atomic E-state index is 3.54. The molecule has 0 spiro atoms. The van der Waals surface area contributed by atoms with Crippen molar-refractivity contribution in [2.75, 3.05) is 6.54 Å². The Labute approximate surface area is 97.0 Å². The van der Waals surface area contributed by atoms with E-state index in [4.69, 9.17) is 0 Å². The number of unbranched alkanes of at least 4 members (excludes halogenated alkanes) is 1. The summed E-state index contributed by atoms with van der Waals surface area (Å²) < 4.78 is 0. The van der Waals surface area contributed by atoms with Crippen molar-refractivity contribution in [2.24, 2.45) is 11.3 Å². The van der Waals surface area contributed by atoms with E-state index >= 15 is 0 Å². The topological polar surface area (TPSA) is 12.0 Å². The average Bonchev–Trinajstić information content (AvgIpc) is 2.09. The first-order valence-corrected chi connectivity index (χ1v) is 6.57. The first kappa shape index (κ1) is 15.0. The summed E-state index contributed by atoms with van der Waals surface area (Å²) in [6, 6.07) is 0.611. The molecular formula is C14H31N. The van der Waals surface area contributed by atoms with Gasteiger partial charge in [0, 0.05) is 12.6 Å². The van der Waals surface area contributed by atoms with Gasteiger partial charge < -0.3 is 5.32 Å². The minimum absolute atomic E-state index is 0.460. The monoisotopic (exact) mass is 213 g/mol. The third kappa shape index (κ3) is 10.2. The van der Waals surface area contributed by atoms with Crippen molar-refractivity contribution in [3.63, 3.8) is 0 Å². The summed E-state index contributed by atoms with van der Waals surface area (Å²) in [5.41, 5.74) is 0.460. The maximum Gasteiger partial charge on any atom is 0.00106 e. The number of rotatable bonds is 8. The molecule has 0 aliphatic rings. The average molecular weight is 213 g/mol. The van der Waals surface area contributed by atoms with Gasteiger partial charge in [-0.25, -0.2) is 0 Å². The van der Waals surface area contributed by atoms with E-state index in [2.05, 4.69) is 46.9 Å². The zero-order valence-corrected chi connectivity index (χ0v) is 11.7. The highest BCUT2D eigenvalue weighted by molar-refractivity contribution is 4.72. The van der Waals surface area contributed by atoms with Gasteiger partial charge in [0.2, 0.25) is 0 Å². The molecular weight excluding hydrogens is 182 g/mol. The van der Waals surface area contributed by atoms with Crippen LogP contribution < -0.4 is 5.32 Å². The zero-order valence-electron chi connectivity index (χ0n) is 11.7. The van der Waals surface area contributed by atoms with Crippen LogP contribution in [0.25, 0.3) is 0 Å². The van der Waals surface area contributed by atoms with Gasteiger partial charge in [-0.2, -0.15) is 0 Å². The summed E-state index contributed by atoms with van der Waals surface area (Å²) in [6.45, 7) is 14.9. The summed E-state index contributed by atoms with van der Waals surface area (Å²) in [4.78, 5) is 0. The molecule has 0 aromatic heterocycles. The van der Waals surface area contributed by atoms with Crippen LogP contribution in [0.15, 0.2) is 0 Å². The second-order valence-corrected chi connectivity index (χ2v) is 6.34. The van der Waals surface area contributed by atoms with E-state index in [1.165, 1.54) is 25.7 Å². The Morgan fingerprint density at radius 2 is 1.60 bits per heavy atom. The molecule has 0 heterocycles. The van der Waals surface area contributed by atoms with Gasteiger partial charge >= 0.3 is 0 Å². The Balaban J connectivity index is 3.55. The fourth-order valence-corrected chi connectivity index (χ4v) is 1.72. The van der Waals surface area contributed by atoms with Crippen LogP contribution in [0.3, 0.4) is 0 Å². The van der Waals surface area contributed by atoms with Crippen LogP contribution in [0.1, 0.15) is 67.2 Å². The van der Waals surface area contributed by atoms with Crippen LogP contribution in [-0.4, -0.2) is 12.6 Å². The summed E-state index contributed by atoms with van der Waals surface area (Å²) in [5, 5.41) is 3.54. The third-order valence-corrected chi connectivity index (χ3v) is 2.87. The summed E-state index contributed by atoms with van der Waals surface area (Å²) in [7, 11) is 0. The Morgan fingerprint density at radius 3 is 2.07 bits per heavy atom. The van der Waals surface area contributed by atoms with Gasteiger partial charge in [-0.1, -0.05) is 60.8 Å². The first-order chi connectivity index (χ1) is 6.83. The molecule has 0 radical (unpaired) electrons. The van der Waals surface area contributed by atoms with Crippen LogP contribution in [0.4, 0.5) is 0 Å². The Hall–Kier alpha value is -0.0400. The van der Waals surface area contributed by atoms with Gasteiger partial charge in [0.25, 0.3) is 0 Å². The lowest BCUT2D eigenvalue weighted by atomic mass is 9.86. The van der Waals surface area contributed by atoms with Crippen molar-refractivity contribution < 1.29 is 0 Å². The maximum absolute atomic E-state index is 3.54. The van der Waals surface area contributed by atoms with E-state index in [1.54, 1.807) is 0 Å². The van der Waals surface area contributed by atoms with Crippen molar-refractivity contribution in [3.05, 3.63) is 0 Å². The lowest BCUT2D eigenvalue weighted by Crippen LogP contribution is -2.33. The minimum Gasteiger partial charge on any atom is -0.314 e. The largest absolute Gasteiger partial charge is 0.314 e. The number of nitrogens with one attached hydrogen (secondary N) is 1. The molecule has 92 valence electrons. The molecule has 0 atom stereocenters. The van der Waals surface area contributed by atoms with Gasteiger partial charge in [0.1, 0.15) is 0 Å². The van der Waals surface area contributed by atoms with Crippen molar-refractivity contribution >= 4 is 0 Å². The molecule has 0 aliphatic carbocycles. The lowest BCUT2D eigenvalue weighted by molar-refractivity contribution is 0.290. The second kappa shape index (κ2) is 7.27. The van der Waals surface area contributed by atoms with E-state index in [-0.39, 0.29) is 0 Å². The SMILES string of the molecule is CC(C)CCCCC(C)(C)CNC(C)C. The molecule has 0 saturated carbocycles. The standard InChI is InChI=1S/C14H31N/c1-12(2)9-7-8-10-14(5,6)11-15-13(3)4/h12-13,15H,7-11H2,1-6H3. The van der Waals surface area contributed by atoms with E-state index in [9.17, 15) is 0 Å². The smallest absolute Gasteiger partial charge is 0.00106 e. The van der Waals surface area contributed by atoms with Crippen molar-refractivity contribution in [2.45, 2.75) is 73.3 Å². The molecule has 0 unspecified atom stereocenters. The molecule has 0 amide bonds. The predicted molar refractivity (Wildman–Crippen MR) is 70.2 cm³/mol. The molecule has 0 fully saturated rings. The highest BCUT2D eigenvalue weighted by Crippen LogP contribution is 2.23. The van der Waals surface area contributed by atoms with Crippen LogP contribution >= 0.6 is 0 Å². The van der Waals surface area contributed by atoms with E-state index in [1.807, 2.05) is 0 Å². The van der Waals surface area contributed by atoms with E-state index in [0.29, 0.717) is 11.5 Å². The molecule has 0 aliphatic heterocycles.